The highest BCUT2D eigenvalue weighted by Gasteiger charge is 2.25. The van der Waals surface area contributed by atoms with Gasteiger partial charge in [-0.15, -0.1) is 12.4 Å². The first kappa shape index (κ1) is 14.0. The predicted molar refractivity (Wildman–Crippen MR) is 66.2 cm³/mol. The molecule has 1 aliphatic rings. The first-order valence-corrected chi connectivity index (χ1v) is 5.63. The van der Waals surface area contributed by atoms with Crippen molar-refractivity contribution >= 4 is 18.3 Å². The Morgan fingerprint density at radius 2 is 2.47 bits per heavy atom. The van der Waals surface area contributed by atoms with E-state index in [0.29, 0.717) is 23.9 Å². The number of carbonyl (C=O) groups is 1. The molecular weight excluding hydrogens is 242 g/mol. The lowest BCUT2D eigenvalue weighted by atomic mass is 9.98. The minimum Gasteiger partial charge on any atom is -0.361 e. The van der Waals surface area contributed by atoms with Gasteiger partial charge in [-0.05, 0) is 32.2 Å². The lowest BCUT2D eigenvalue weighted by molar-refractivity contribution is 0.0667. The molecule has 1 aromatic rings. The van der Waals surface area contributed by atoms with E-state index in [4.69, 9.17) is 10.3 Å². The zero-order valence-electron chi connectivity index (χ0n) is 9.89. The third-order valence-corrected chi connectivity index (χ3v) is 2.99. The second-order valence-corrected chi connectivity index (χ2v) is 4.32. The summed E-state index contributed by atoms with van der Waals surface area (Å²) in [6.45, 7) is 3.95. The average Bonchev–Trinajstić information content (AvgIpc) is 2.75. The smallest absolute Gasteiger partial charge is 0.276 e. The van der Waals surface area contributed by atoms with Crippen molar-refractivity contribution in [1.82, 2.24) is 10.1 Å². The quantitative estimate of drug-likeness (QED) is 0.867. The largest absolute Gasteiger partial charge is 0.361 e. The number of piperidine rings is 1. The number of nitrogens with zero attached hydrogens (tertiary/aromatic N) is 2. The van der Waals surface area contributed by atoms with Crippen LogP contribution in [0.2, 0.25) is 0 Å². The highest BCUT2D eigenvalue weighted by molar-refractivity contribution is 5.92. The molecule has 0 spiro atoms. The van der Waals surface area contributed by atoms with Crippen molar-refractivity contribution in [2.24, 2.45) is 11.7 Å². The minimum atomic E-state index is -0.0463. The summed E-state index contributed by atoms with van der Waals surface area (Å²) in [7, 11) is 0. The van der Waals surface area contributed by atoms with Gasteiger partial charge in [-0.2, -0.15) is 0 Å². The third-order valence-electron chi connectivity index (χ3n) is 2.99. The van der Waals surface area contributed by atoms with E-state index in [1.54, 1.807) is 13.0 Å². The van der Waals surface area contributed by atoms with Crippen molar-refractivity contribution in [3.05, 3.63) is 17.5 Å². The van der Waals surface area contributed by atoms with Gasteiger partial charge >= 0.3 is 0 Å². The molecular formula is C11H18ClN3O2. The number of aryl methyl sites for hydroxylation is 1. The molecule has 0 aromatic carbocycles. The lowest BCUT2D eigenvalue weighted by Gasteiger charge is -2.31. The molecule has 1 atom stereocenters. The first-order valence-electron chi connectivity index (χ1n) is 5.63. The summed E-state index contributed by atoms with van der Waals surface area (Å²) in [6.07, 6.45) is 2.13. The number of rotatable bonds is 2. The van der Waals surface area contributed by atoms with Crippen molar-refractivity contribution in [3.8, 4) is 0 Å². The molecule has 1 aliphatic heterocycles. The van der Waals surface area contributed by atoms with Crippen molar-refractivity contribution < 1.29 is 9.32 Å². The Balaban J connectivity index is 0.00000144. The van der Waals surface area contributed by atoms with E-state index < -0.39 is 0 Å². The van der Waals surface area contributed by atoms with Crippen molar-refractivity contribution in [2.75, 3.05) is 19.6 Å². The van der Waals surface area contributed by atoms with Crippen LogP contribution in [0.15, 0.2) is 10.6 Å². The molecule has 0 radical (unpaired) electrons. The minimum absolute atomic E-state index is 0. The van der Waals surface area contributed by atoms with Gasteiger partial charge in [0.1, 0.15) is 5.76 Å². The molecule has 6 heteroatoms. The van der Waals surface area contributed by atoms with Gasteiger partial charge in [-0.25, -0.2) is 0 Å². The number of halogens is 1. The molecule has 0 saturated carbocycles. The molecule has 2 heterocycles. The molecule has 1 amide bonds. The fraction of sp³-hybridized carbons (Fsp3) is 0.636. The number of aromatic nitrogens is 1. The fourth-order valence-electron chi connectivity index (χ4n) is 2.07. The van der Waals surface area contributed by atoms with Crippen LogP contribution >= 0.6 is 12.4 Å². The van der Waals surface area contributed by atoms with Gasteiger partial charge in [0.25, 0.3) is 5.91 Å². The molecule has 1 fully saturated rings. The maximum Gasteiger partial charge on any atom is 0.276 e. The maximum atomic E-state index is 12.0. The second-order valence-electron chi connectivity index (χ2n) is 4.32. The van der Waals surface area contributed by atoms with E-state index in [0.717, 1.165) is 25.9 Å². The van der Waals surface area contributed by atoms with Crippen LogP contribution in [-0.4, -0.2) is 35.6 Å². The van der Waals surface area contributed by atoms with Crippen molar-refractivity contribution in [3.63, 3.8) is 0 Å². The van der Waals surface area contributed by atoms with E-state index in [-0.39, 0.29) is 18.3 Å². The predicted octanol–water partition coefficient (Wildman–Crippen LogP) is 1.22. The van der Waals surface area contributed by atoms with Crippen LogP contribution in [0, 0.1) is 12.8 Å². The summed E-state index contributed by atoms with van der Waals surface area (Å²) in [6, 6.07) is 1.67. The van der Waals surface area contributed by atoms with Crippen LogP contribution in [0.1, 0.15) is 29.1 Å². The molecule has 17 heavy (non-hydrogen) atoms. The molecule has 1 unspecified atom stereocenters. The number of nitrogens with two attached hydrogens (primary N) is 1. The van der Waals surface area contributed by atoms with E-state index in [1.807, 2.05) is 4.90 Å². The lowest BCUT2D eigenvalue weighted by Crippen LogP contribution is -2.42. The standard InChI is InChI=1S/C11H17N3O2.ClH/c1-8-5-10(13-16-8)11(15)14-4-2-3-9(6-12)7-14;/h5,9H,2-4,6-7,12H2,1H3;1H. The van der Waals surface area contributed by atoms with Crippen LogP contribution in [0.4, 0.5) is 0 Å². The maximum absolute atomic E-state index is 12.0. The number of likely N-dealkylation sites (tertiary alicyclic amines) is 1. The van der Waals surface area contributed by atoms with Gasteiger partial charge in [-0.3, -0.25) is 4.79 Å². The molecule has 0 aliphatic carbocycles. The Kier molecular flexibility index (Phi) is 4.96. The van der Waals surface area contributed by atoms with Crippen molar-refractivity contribution in [1.29, 1.82) is 0 Å². The molecule has 0 bridgehead atoms. The fourth-order valence-corrected chi connectivity index (χ4v) is 2.07. The number of carbonyl (C=O) groups excluding carboxylic acids is 1. The summed E-state index contributed by atoms with van der Waals surface area (Å²) >= 11 is 0. The Morgan fingerprint density at radius 3 is 3.06 bits per heavy atom. The highest BCUT2D eigenvalue weighted by atomic mass is 35.5. The zero-order chi connectivity index (χ0) is 11.5. The van der Waals surface area contributed by atoms with Gasteiger partial charge in [0, 0.05) is 19.2 Å². The van der Waals surface area contributed by atoms with E-state index in [2.05, 4.69) is 5.16 Å². The molecule has 1 aromatic heterocycles. The van der Waals surface area contributed by atoms with Gasteiger partial charge < -0.3 is 15.2 Å². The summed E-state index contributed by atoms with van der Waals surface area (Å²) in [4.78, 5) is 13.9. The molecule has 96 valence electrons. The van der Waals surface area contributed by atoms with E-state index in [9.17, 15) is 4.79 Å². The molecule has 1 saturated heterocycles. The number of amides is 1. The topological polar surface area (TPSA) is 72.4 Å². The van der Waals surface area contributed by atoms with Crippen LogP contribution in [0.3, 0.4) is 0 Å². The first-order chi connectivity index (χ1) is 7.70. The number of hydrogen-bond donors (Lipinski definition) is 1. The van der Waals surface area contributed by atoms with E-state index >= 15 is 0 Å². The summed E-state index contributed by atoms with van der Waals surface area (Å²) in [5.74, 6) is 1.04. The summed E-state index contributed by atoms with van der Waals surface area (Å²) in [5.41, 5.74) is 6.03. The molecule has 5 nitrogen and oxygen atoms in total. The Labute approximate surface area is 107 Å². The van der Waals surface area contributed by atoms with Crippen LogP contribution < -0.4 is 5.73 Å². The van der Waals surface area contributed by atoms with E-state index in [1.165, 1.54) is 0 Å². The van der Waals surface area contributed by atoms with Crippen LogP contribution in [0.5, 0.6) is 0 Å². The summed E-state index contributed by atoms with van der Waals surface area (Å²) < 4.78 is 4.91. The SMILES string of the molecule is Cc1cc(C(=O)N2CCCC(CN)C2)no1.Cl. The van der Waals surface area contributed by atoms with Gasteiger partial charge in [0.05, 0.1) is 0 Å². The monoisotopic (exact) mass is 259 g/mol. The number of hydrogen-bond acceptors (Lipinski definition) is 4. The Morgan fingerprint density at radius 1 is 1.71 bits per heavy atom. The van der Waals surface area contributed by atoms with Crippen LogP contribution in [0.25, 0.3) is 0 Å². The van der Waals surface area contributed by atoms with Crippen LogP contribution in [-0.2, 0) is 0 Å². The molecule has 2 rings (SSSR count). The highest BCUT2D eigenvalue weighted by Crippen LogP contribution is 2.17. The Bertz CT molecular complexity index is 381. The Hall–Kier alpha value is -1.07. The summed E-state index contributed by atoms with van der Waals surface area (Å²) in [5, 5.41) is 3.74. The molecule has 2 N–H and O–H groups in total. The van der Waals surface area contributed by atoms with Gasteiger partial charge in [0.2, 0.25) is 0 Å². The normalized spacial score (nSPS) is 19.9. The van der Waals surface area contributed by atoms with Gasteiger partial charge in [-0.1, -0.05) is 5.16 Å². The van der Waals surface area contributed by atoms with Crippen molar-refractivity contribution in [2.45, 2.75) is 19.8 Å². The zero-order valence-corrected chi connectivity index (χ0v) is 10.7. The second kappa shape index (κ2) is 6.02. The third kappa shape index (κ3) is 3.20. The average molecular weight is 260 g/mol. The van der Waals surface area contributed by atoms with Gasteiger partial charge in [0.15, 0.2) is 5.69 Å².